The predicted molar refractivity (Wildman–Crippen MR) is 91.8 cm³/mol. The fourth-order valence-electron chi connectivity index (χ4n) is 2.28. The highest BCUT2D eigenvalue weighted by molar-refractivity contribution is 7.12. The Hall–Kier alpha value is -2.94. The van der Waals surface area contributed by atoms with Gasteiger partial charge in [0.1, 0.15) is 0 Å². The second-order valence-electron chi connectivity index (χ2n) is 5.57. The van der Waals surface area contributed by atoms with Crippen molar-refractivity contribution in [3.05, 3.63) is 34.2 Å². The van der Waals surface area contributed by atoms with Crippen molar-refractivity contribution in [1.29, 1.82) is 0 Å². The third-order valence-electron chi connectivity index (χ3n) is 3.29. The summed E-state index contributed by atoms with van der Waals surface area (Å²) in [6, 6.07) is 3.36. The van der Waals surface area contributed by atoms with Gasteiger partial charge in [-0.2, -0.15) is 4.98 Å². The molecule has 0 atom stereocenters. The third-order valence-corrected chi connectivity index (χ3v) is 4.23. The van der Waals surface area contributed by atoms with Gasteiger partial charge in [-0.1, -0.05) is 0 Å². The van der Waals surface area contributed by atoms with Crippen molar-refractivity contribution in [2.24, 2.45) is 5.73 Å². The normalized spacial score (nSPS) is 11.1. The number of amides is 2. The van der Waals surface area contributed by atoms with E-state index >= 15 is 0 Å². The fourth-order valence-corrected chi connectivity index (χ4v) is 3.05. The van der Waals surface area contributed by atoms with Gasteiger partial charge in [-0.3, -0.25) is 9.59 Å². The molecule has 3 aromatic rings. The number of aromatic nitrogens is 3. The molecule has 0 aliphatic rings. The monoisotopic (exact) mass is 344 g/mol. The maximum atomic E-state index is 12.5. The highest BCUT2D eigenvalue weighted by atomic mass is 32.1. The Morgan fingerprint density at radius 3 is 2.67 bits per heavy atom. The Morgan fingerprint density at radius 1 is 1.29 bits per heavy atom. The van der Waals surface area contributed by atoms with Crippen molar-refractivity contribution < 1.29 is 9.59 Å². The van der Waals surface area contributed by atoms with Crippen LogP contribution in [0.2, 0.25) is 0 Å². The summed E-state index contributed by atoms with van der Waals surface area (Å²) in [6.45, 7) is 3.74. The molecule has 3 heterocycles. The molecule has 3 rings (SSSR count). The molecule has 0 spiro atoms. The number of rotatable bonds is 4. The Balaban J connectivity index is 2.15. The lowest BCUT2D eigenvalue weighted by molar-refractivity contribution is 0.0943. The Kier molecular flexibility index (Phi) is 3.94. The summed E-state index contributed by atoms with van der Waals surface area (Å²) in [5, 5.41) is 8.71. The number of hydrogen-bond donors (Lipinski definition) is 3. The van der Waals surface area contributed by atoms with E-state index in [4.69, 9.17) is 11.5 Å². The molecule has 0 saturated carbocycles. The Labute approximate surface area is 141 Å². The second-order valence-corrected chi connectivity index (χ2v) is 6.48. The van der Waals surface area contributed by atoms with Gasteiger partial charge in [-0.05, 0) is 36.9 Å². The maximum Gasteiger partial charge on any atom is 0.258 e. The van der Waals surface area contributed by atoms with Crippen LogP contribution in [-0.4, -0.2) is 32.5 Å². The first-order chi connectivity index (χ1) is 11.3. The van der Waals surface area contributed by atoms with Crippen molar-refractivity contribution in [3.8, 4) is 11.1 Å². The second kappa shape index (κ2) is 5.93. The van der Waals surface area contributed by atoms with Crippen LogP contribution in [0, 0.1) is 0 Å². The molecular formula is C15H16N6O2S. The number of carbonyl (C=O) groups excluding carboxylic acids is 2. The number of pyridine rings is 1. The molecule has 9 heteroatoms. The van der Waals surface area contributed by atoms with E-state index in [0.29, 0.717) is 21.7 Å². The average molecular weight is 344 g/mol. The number of fused-ring (bicyclic) bond motifs is 1. The van der Waals surface area contributed by atoms with Gasteiger partial charge in [-0.25, -0.2) is 4.52 Å². The summed E-state index contributed by atoms with van der Waals surface area (Å²) in [6.07, 6.45) is 1.71. The minimum atomic E-state index is -0.491. The van der Waals surface area contributed by atoms with E-state index in [9.17, 15) is 9.59 Å². The number of hydrogen-bond acceptors (Lipinski definition) is 6. The quantitative estimate of drug-likeness (QED) is 0.656. The number of thiophene rings is 1. The molecule has 0 bridgehead atoms. The zero-order valence-corrected chi connectivity index (χ0v) is 13.9. The molecule has 0 unspecified atom stereocenters. The van der Waals surface area contributed by atoms with Gasteiger partial charge < -0.3 is 16.8 Å². The fraction of sp³-hybridized carbons (Fsp3) is 0.200. The number of carbonyl (C=O) groups is 2. The largest absolute Gasteiger partial charge is 0.366 e. The van der Waals surface area contributed by atoms with Gasteiger partial charge in [0.25, 0.3) is 11.8 Å². The van der Waals surface area contributed by atoms with Crippen LogP contribution >= 0.6 is 11.3 Å². The summed E-state index contributed by atoms with van der Waals surface area (Å²) in [5.74, 6) is -0.682. The summed E-state index contributed by atoms with van der Waals surface area (Å²) >= 11 is 1.24. The van der Waals surface area contributed by atoms with Crippen LogP contribution in [-0.2, 0) is 0 Å². The first-order valence-corrected chi connectivity index (χ1v) is 8.08. The lowest BCUT2D eigenvalue weighted by atomic mass is 10.1. The zero-order valence-electron chi connectivity index (χ0n) is 13.1. The Bertz CT molecular complexity index is 943. The van der Waals surface area contributed by atoms with Gasteiger partial charge in [0.2, 0.25) is 5.95 Å². The number of nitrogen functional groups attached to an aromatic ring is 1. The van der Waals surface area contributed by atoms with Crippen LogP contribution in [0.15, 0.2) is 23.7 Å². The SMILES string of the molecule is CC(C)NC(=O)c1cc(-c2csc(C(N)=O)c2)cn2nc(N)nc12. The molecule has 2 amide bonds. The highest BCUT2D eigenvalue weighted by Crippen LogP contribution is 2.27. The number of nitrogens with zero attached hydrogens (tertiary/aromatic N) is 3. The van der Waals surface area contributed by atoms with Crippen molar-refractivity contribution in [2.75, 3.05) is 5.73 Å². The molecule has 0 aliphatic heterocycles. The van der Waals surface area contributed by atoms with Crippen molar-refractivity contribution in [1.82, 2.24) is 19.9 Å². The first kappa shape index (κ1) is 15.9. The lowest BCUT2D eigenvalue weighted by Gasteiger charge is -2.10. The zero-order chi connectivity index (χ0) is 17.4. The molecule has 0 saturated heterocycles. The van der Waals surface area contributed by atoms with Crippen LogP contribution in [0.3, 0.4) is 0 Å². The van der Waals surface area contributed by atoms with Gasteiger partial charge in [0, 0.05) is 17.8 Å². The lowest BCUT2D eigenvalue weighted by Crippen LogP contribution is -2.30. The Morgan fingerprint density at radius 2 is 2.04 bits per heavy atom. The third kappa shape index (κ3) is 2.93. The van der Waals surface area contributed by atoms with E-state index in [2.05, 4.69) is 15.4 Å². The summed E-state index contributed by atoms with van der Waals surface area (Å²) in [5.41, 5.74) is 13.2. The molecule has 24 heavy (non-hydrogen) atoms. The molecule has 0 aliphatic carbocycles. The number of anilines is 1. The highest BCUT2D eigenvalue weighted by Gasteiger charge is 2.17. The molecule has 5 N–H and O–H groups in total. The van der Waals surface area contributed by atoms with E-state index < -0.39 is 5.91 Å². The molecule has 124 valence electrons. The predicted octanol–water partition coefficient (Wildman–Crippen LogP) is 1.28. The molecule has 8 nitrogen and oxygen atoms in total. The standard InChI is InChI=1S/C15H16N6O2S/c1-7(2)18-14(23)10-3-8(5-21-13(10)19-15(17)20-21)9-4-11(12(16)22)24-6-9/h3-7H,1-2H3,(H2,16,22)(H2,17,20)(H,18,23). The average Bonchev–Trinajstić information content (AvgIpc) is 3.10. The van der Waals surface area contributed by atoms with Crippen LogP contribution in [0.5, 0.6) is 0 Å². The van der Waals surface area contributed by atoms with Gasteiger partial charge in [0.15, 0.2) is 5.65 Å². The van der Waals surface area contributed by atoms with Gasteiger partial charge >= 0.3 is 0 Å². The molecule has 3 aromatic heterocycles. The number of primary amides is 1. The minimum Gasteiger partial charge on any atom is -0.366 e. The van der Waals surface area contributed by atoms with E-state index in [0.717, 1.165) is 5.56 Å². The molecular weight excluding hydrogens is 328 g/mol. The van der Waals surface area contributed by atoms with Crippen molar-refractivity contribution in [3.63, 3.8) is 0 Å². The van der Waals surface area contributed by atoms with E-state index in [1.165, 1.54) is 15.9 Å². The van der Waals surface area contributed by atoms with Crippen LogP contribution in [0.1, 0.15) is 33.9 Å². The maximum absolute atomic E-state index is 12.5. The van der Waals surface area contributed by atoms with Crippen molar-refractivity contribution in [2.45, 2.75) is 19.9 Å². The van der Waals surface area contributed by atoms with E-state index in [-0.39, 0.29) is 17.9 Å². The molecule has 0 radical (unpaired) electrons. The van der Waals surface area contributed by atoms with Crippen LogP contribution < -0.4 is 16.8 Å². The van der Waals surface area contributed by atoms with Gasteiger partial charge in [-0.15, -0.1) is 16.4 Å². The minimum absolute atomic E-state index is 0.0240. The van der Waals surface area contributed by atoms with Crippen LogP contribution in [0.25, 0.3) is 16.8 Å². The van der Waals surface area contributed by atoms with Crippen molar-refractivity contribution >= 4 is 34.7 Å². The van der Waals surface area contributed by atoms with E-state index in [1.807, 2.05) is 13.8 Å². The molecule has 0 fully saturated rings. The van der Waals surface area contributed by atoms with E-state index in [1.54, 1.807) is 23.7 Å². The first-order valence-electron chi connectivity index (χ1n) is 7.20. The topological polar surface area (TPSA) is 128 Å². The summed E-state index contributed by atoms with van der Waals surface area (Å²) in [7, 11) is 0. The van der Waals surface area contributed by atoms with Gasteiger partial charge in [0.05, 0.1) is 10.4 Å². The number of nitrogens with one attached hydrogen (secondary N) is 1. The van der Waals surface area contributed by atoms with Crippen LogP contribution in [0.4, 0.5) is 5.95 Å². The number of nitrogens with two attached hydrogens (primary N) is 2. The molecule has 0 aromatic carbocycles. The summed E-state index contributed by atoms with van der Waals surface area (Å²) in [4.78, 5) is 28.3. The smallest absolute Gasteiger partial charge is 0.258 e. The summed E-state index contributed by atoms with van der Waals surface area (Å²) < 4.78 is 1.46.